The molecule has 14 heteroatoms. The van der Waals surface area contributed by atoms with Gasteiger partial charge < -0.3 is 9.80 Å². The highest BCUT2D eigenvalue weighted by Gasteiger charge is 2.53. The van der Waals surface area contributed by atoms with Crippen molar-refractivity contribution < 1.29 is 17.2 Å². The van der Waals surface area contributed by atoms with E-state index in [1.165, 1.54) is 36.5 Å². The van der Waals surface area contributed by atoms with Crippen LogP contribution in [0.25, 0.3) is 10.9 Å². The van der Waals surface area contributed by atoms with Gasteiger partial charge in [0.05, 0.1) is 23.4 Å². The van der Waals surface area contributed by atoms with Gasteiger partial charge in [0.15, 0.2) is 11.6 Å². The zero-order valence-electron chi connectivity index (χ0n) is 21.0. The van der Waals surface area contributed by atoms with E-state index in [9.17, 15) is 17.2 Å². The van der Waals surface area contributed by atoms with Crippen molar-refractivity contribution in [2.75, 3.05) is 43.5 Å². The van der Waals surface area contributed by atoms with Crippen LogP contribution in [-0.2, 0) is 10.0 Å². The smallest absolute Gasteiger partial charge is 0.285 e. The van der Waals surface area contributed by atoms with Gasteiger partial charge in [-0.3, -0.25) is 3.97 Å². The first kappa shape index (κ1) is 25.1. The van der Waals surface area contributed by atoms with E-state index >= 15 is 0 Å². The number of anilines is 2. The van der Waals surface area contributed by atoms with E-state index in [0.717, 1.165) is 29.3 Å². The van der Waals surface area contributed by atoms with Crippen molar-refractivity contribution in [3.8, 4) is 0 Å². The maximum Gasteiger partial charge on any atom is 0.285 e. The van der Waals surface area contributed by atoms with Crippen LogP contribution in [0.2, 0.25) is 0 Å². The Balaban J connectivity index is 1.42. The zero-order chi connectivity index (χ0) is 26.8. The molecule has 10 nitrogen and oxygen atoms in total. The van der Waals surface area contributed by atoms with Crippen LogP contribution in [-0.4, -0.2) is 75.1 Å². The fourth-order valence-corrected chi connectivity index (χ4v) is 7.09. The predicted molar refractivity (Wildman–Crippen MR) is 142 cm³/mol. The lowest BCUT2D eigenvalue weighted by Crippen LogP contribution is -2.56. The van der Waals surface area contributed by atoms with E-state index in [2.05, 4.69) is 20.0 Å². The molecule has 0 atom stereocenters. The predicted octanol–water partition coefficient (Wildman–Crippen LogP) is 3.28. The highest BCUT2D eigenvalue weighted by atomic mass is 32.2. The average Bonchev–Trinajstić information content (AvgIpc) is 3.26. The van der Waals surface area contributed by atoms with Gasteiger partial charge in [-0.05, 0) is 51.6 Å². The third-order valence-corrected chi connectivity index (χ3v) is 9.25. The standard InChI is InChI=1S/C24H26F2N8O2S2/c1-16-10-17(25)11-20-21(16)22(29-34(20)38(35,36)19-4-7-32(14-19)37-30(2)3)33-9-8-31(15-24(33)5-6-24)23-27-12-18(26)13-28-23/h4,7,10-14H,5-6,8-9,15H2,1-3H3. The van der Waals surface area contributed by atoms with Crippen LogP contribution in [0.5, 0.6) is 0 Å². The minimum absolute atomic E-state index is 0.0594. The Morgan fingerprint density at radius 3 is 2.50 bits per heavy atom. The summed E-state index contributed by atoms with van der Waals surface area (Å²) in [5.41, 5.74) is 0.515. The third-order valence-electron chi connectivity index (χ3n) is 6.94. The van der Waals surface area contributed by atoms with Gasteiger partial charge in [-0.15, -0.1) is 5.10 Å². The lowest BCUT2D eigenvalue weighted by molar-refractivity contribution is 0.497. The van der Waals surface area contributed by atoms with Crippen molar-refractivity contribution >= 4 is 44.8 Å². The number of aromatic nitrogens is 5. The summed E-state index contributed by atoms with van der Waals surface area (Å²) in [5.74, 6) is -0.0582. The lowest BCUT2D eigenvalue weighted by atomic mass is 10.1. The van der Waals surface area contributed by atoms with E-state index in [-0.39, 0.29) is 16.0 Å². The molecule has 2 fully saturated rings. The molecular formula is C24H26F2N8O2S2. The average molecular weight is 561 g/mol. The van der Waals surface area contributed by atoms with Gasteiger partial charge >= 0.3 is 0 Å². The van der Waals surface area contributed by atoms with Gasteiger partial charge in [-0.25, -0.2) is 23.1 Å². The largest absolute Gasteiger partial charge is 0.345 e. The molecule has 1 aliphatic heterocycles. The van der Waals surface area contributed by atoms with Crippen LogP contribution in [0.4, 0.5) is 20.5 Å². The molecule has 1 aliphatic carbocycles. The number of halogens is 2. The van der Waals surface area contributed by atoms with Crippen LogP contribution in [0.1, 0.15) is 18.4 Å². The topological polar surface area (TPSA) is 92.4 Å². The summed E-state index contributed by atoms with van der Waals surface area (Å²) in [6.45, 7) is 3.42. The molecule has 200 valence electrons. The SMILES string of the molecule is Cc1cc(F)cc2c1c(N1CCN(c3ncc(F)cn3)CC13CC3)nn2S(=O)(=O)c1ccn(SN(C)C)c1. The lowest BCUT2D eigenvalue weighted by Gasteiger charge is -2.42. The van der Waals surface area contributed by atoms with E-state index in [4.69, 9.17) is 0 Å². The number of benzene rings is 1. The second kappa shape index (κ2) is 8.92. The zero-order valence-corrected chi connectivity index (χ0v) is 22.7. The fraction of sp³-hybridized carbons (Fsp3) is 0.375. The third kappa shape index (κ3) is 4.20. The summed E-state index contributed by atoms with van der Waals surface area (Å²) in [5, 5.41) is 5.25. The van der Waals surface area contributed by atoms with Crippen molar-refractivity contribution in [3.05, 3.63) is 60.2 Å². The molecule has 0 amide bonds. The van der Waals surface area contributed by atoms with Crippen LogP contribution in [0.3, 0.4) is 0 Å². The maximum absolute atomic E-state index is 14.6. The Morgan fingerprint density at radius 1 is 1.08 bits per heavy atom. The summed E-state index contributed by atoms with van der Waals surface area (Å²) in [6.07, 6.45) is 7.22. The van der Waals surface area contributed by atoms with E-state index in [1.807, 2.05) is 23.3 Å². The Morgan fingerprint density at radius 2 is 1.82 bits per heavy atom. The quantitative estimate of drug-likeness (QED) is 0.330. The number of hydrogen-bond donors (Lipinski definition) is 0. The highest BCUT2D eigenvalue weighted by Crippen LogP contribution is 2.48. The van der Waals surface area contributed by atoms with Gasteiger partial charge in [0, 0.05) is 55.6 Å². The first-order valence-corrected chi connectivity index (χ1v) is 14.2. The fourth-order valence-electron chi connectivity index (χ4n) is 5.10. The molecule has 38 heavy (non-hydrogen) atoms. The first-order valence-electron chi connectivity index (χ1n) is 12.1. The van der Waals surface area contributed by atoms with E-state index in [1.54, 1.807) is 17.1 Å². The van der Waals surface area contributed by atoms with Crippen molar-refractivity contribution in [2.24, 2.45) is 0 Å². The second-order valence-electron chi connectivity index (χ2n) is 9.89. The molecule has 4 heterocycles. The van der Waals surface area contributed by atoms with E-state index < -0.39 is 21.7 Å². The van der Waals surface area contributed by atoms with Crippen molar-refractivity contribution in [2.45, 2.75) is 30.2 Å². The molecule has 1 aromatic carbocycles. The summed E-state index contributed by atoms with van der Waals surface area (Å²) < 4.78 is 60.0. The van der Waals surface area contributed by atoms with Gasteiger partial charge in [0.1, 0.15) is 10.7 Å². The number of nitrogens with zero attached hydrogens (tertiary/aromatic N) is 8. The molecule has 6 rings (SSSR count). The molecule has 1 saturated heterocycles. The number of rotatable bonds is 6. The summed E-state index contributed by atoms with van der Waals surface area (Å²) in [7, 11) is -0.404. The number of piperazine rings is 1. The van der Waals surface area contributed by atoms with Crippen LogP contribution in [0, 0.1) is 18.6 Å². The van der Waals surface area contributed by atoms with Crippen LogP contribution < -0.4 is 9.80 Å². The molecule has 0 radical (unpaired) electrons. The minimum atomic E-state index is -4.11. The molecule has 3 aromatic heterocycles. The normalized spacial score (nSPS) is 17.2. The molecule has 0 unspecified atom stereocenters. The van der Waals surface area contributed by atoms with E-state index in [0.29, 0.717) is 42.4 Å². The summed E-state index contributed by atoms with van der Waals surface area (Å²) in [4.78, 5) is 12.5. The Bertz CT molecular complexity index is 1630. The summed E-state index contributed by atoms with van der Waals surface area (Å²) >= 11 is 1.33. The van der Waals surface area contributed by atoms with Gasteiger partial charge in [0.25, 0.3) is 10.0 Å². The molecule has 1 saturated carbocycles. The van der Waals surface area contributed by atoms with Crippen LogP contribution >= 0.6 is 12.1 Å². The monoisotopic (exact) mass is 560 g/mol. The Hall–Kier alpha value is -3.23. The van der Waals surface area contributed by atoms with Crippen molar-refractivity contribution in [1.29, 1.82) is 0 Å². The molecule has 1 spiro atoms. The molecular weight excluding hydrogens is 534 g/mol. The van der Waals surface area contributed by atoms with Gasteiger partial charge in [0.2, 0.25) is 5.95 Å². The van der Waals surface area contributed by atoms with Gasteiger partial charge in [-0.2, -0.15) is 12.5 Å². The molecule has 4 aromatic rings. The van der Waals surface area contributed by atoms with Crippen molar-refractivity contribution in [1.82, 2.24) is 27.4 Å². The number of aryl methyl sites for hydroxylation is 1. The second-order valence-corrected chi connectivity index (χ2v) is 13.0. The number of fused-ring (bicyclic) bond motifs is 1. The molecule has 0 bridgehead atoms. The molecule has 0 N–H and O–H groups in total. The Kier molecular flexibility index (Phi) is 5.88. The molecule has 2 aliphatic rings. The first-order chi connectivity index (χ1) is 18.1. The Labute approximate surface area is 223 Å². The maximum atomic E-state index is 14.6. The van der Waals surface area contributed by atoms with Crippen LogP contribution in [0.15, 0.2) is 47.9 Å². The number of hydrogen-bond acceptors (Lipinski definition) is 9. The van der Waals surface area contributed by atoms with Gasteiger partial charge in [-0.1, -0.05) is 0 Å². The highest BCUT2D eigenvalue weighted by molar-refractivity contribution is 7.95. The minimum Gasteiger partial charge on any atom is -0.345 e. The van der Waals surface area contributed by atoms with Crippen molar-refractivity contribution in [3.63, 3.8) is 0 Å². The summed E-state index contributed by atoms with van der Waals surface area (Å²) in [6, 6.07) is 4.13.